The largest absolute Gasteiger partial charge is 0.236 e. The molecule has 0 aliphatic carbocycles. The van der Waals surface area contributed by atoms with Crippen molar-refractivity contribution in [3.63, 3.8) is 0 Å². The highest BCUT2D eigenvalue weighted by Crippen LogP contribution is 2.23. The second kappa shape index (κ2) is 5.27. The van der Waals surface area contributed by atoms with Crippen LogP contribution in [0.3, 0.4) is 0 Å². The second-order valence-electron chi connectivity index (χ2n) is 3.08. The zero-order chi connectivity index (χ0) is 9.73. The molecular formula is C8H13ClO2S2. The Kier molecular flexibility index (Phi) is 4.62. The van der Waals surface area contributed by atoms with E-state index in [1.807, 2.05) is 17.8 Å². The quantitative estimate of drug-likeness (QED) is 0.561. The zero-order valence-electron chi connectivity index (χ0n) is 7.28. The topological polar surface area (TPSA) is 34.1 Å². The van der Waals surface area contributed by atoms with Crippen LogP contribution in [0.5, 0.6) is 0 Å². The SMILES string of the molecule is O=S(=O)(Cl)C/C=C/C1CCSCC1. The Bertz CT molecular complexity index is 266. The molecule has 1 rings (SSSR count). The van der Waals surface area contributed by atoms with Crippen LogP contribution in [-0.4, -0.2) is 25.7 Å². The first-order chi connectivity index (χ1) is 6.08. The number of halogens is 1. The monoisotopic (exact) mass is 240 g/mol. The van der Waals surface area contributed by atoms with Crippen molar-refractivity contribution in [3.05, 3.63) is 12.2 Å². The molecule has 1 aliphatic rings. The molecule has 0 unspecified atom stereocenters. The number of allylic oxidation sites excluding steroid dienone is 1. The van der Waals surface area contributed by atoms with Crippen LogP contribution in [0.25, 0.3) is 0 Å². The van der Waals surface area contributed by atoms with Crippen molar-refractivity contribution in [2.45, 2.75) is 12.8 Å². The van der Waals surface area contributed by atoms with Gasteiger partial charge >= 0.3 is 0 Å². The third kappa shape index (κ3) is 5.60. The van der Waals surface area contributed by atoms with E-state index in [9.17, 15) is 8.42 Å². The standard InChI is InChI=1S/C8H13ClO2S2/c9-13(10,11)7-1-2-8-3-5-12-6-4-8/h1-2,8H,3-7H2/b2-1+. The van der Waals surface area contributed by atoms with Gasteiger partial charge in [0.05, 0.1) is 5.75 Å². The minimum absolute atomic E-state index is 0.0435. The molecule has 13 heavy (non-hydrogen) atoms. The number of thioether (sulfide) groups is 1. The van der Waals surface area contributed by atoms with Gasteiger partial charge in [0.2, 0.25) is 9.05 Å². The summed E-state index contributed by atoms with van der Waals surface area (Å²) in [5.74, 6) is 2.88. The molecule has 0 atom stereocenters. The maximum Gasteiger partial charge on any atom is 0.236 e. The summed E-state index contributed by atoms with van der Waals surface area (Å²) in [6.45, 7) is 0. The molecule has 1 heterocycles. The van der Waals surface area contributed by atoms with Gasteiger partial charge in [0.25, 0.3) is 0 Å². The van der Waals surface area contributed by atoms with E-state index in [-0.39, 0.29) is 5.75 Å². The summed E-state index contributed by atoms with van der Waals surface area (Å²) >= 11 is 1.96. The van der Waals surface area contributed by atoms with Gasteiger partial charge in [0, 0.05) is 10.7 Å². The summed E-state index contributed by atoms with van der Waals surface area (Å²) in [6, 6.07) is 0. The van der Waals surface area contributed by atoms with Gasteiger partial charge in [0.1, 0.15) is 0 Å². The van der Waals surface area contributed by atoms with Crippen molar-refractivity contribution in [2.24, 2.45) is 5.92 Å². The Morgan fingerprint density at radius 1 is 1.38 bits per heavy atom. The molecule has 0 spiro atoms. The van der Waals surface area contributed by atoms with Crippen molar-refractivity contribution in [1.82, 2.24) is 0 Å². The summed E-state index contributed by atoms with van der Waals surface area (Å²) in [7, 11) is 1.72. The first-order valence-electron chi connectivity index (χ1n) is 4.25. The van der Waals surface area contributed by atoms with Crippen LogP contribution in [-0.2, 0) is 9.05 Å². The Morgan fingerprint density at radius 2 is 2.00 bits per heavy atom. The molecular weight excluding hydrogens is 228 g/mol. The zero-order valence-corrected chi connectivity index (χ0v) is 9.67. The van der Waals surface area contributed by atoms with Crippen molar-refractivity contribution >= 4 is 31.5 Å². The number of hydrogen-bond acceptors (Lipinski definition) is 3. The highest BCUT2D eigenvalue weighted by molar-refractivity contribution is 8.13. The van der Waals surface area contributed by atoms with Gasteiger partial charge in [-0.3, -0.25) is 0 Å². The lowest BCUT2D eigenvalue weighted by molar-refractivity contribution is 0.599. The highest BCUT2D eigenvalue weighted by Gasteiger charge is 2.10. The van der Waals surface area contributed by atoms with Crippen LogP contribution in [0.2, 0.25) is 0 Å². The van der Waals surface area contributed by atoms with Gasteiger partial charge in [-0.25, -0.2) is 8.42 Å². The third-order valence-electron chi connectivity index (χ3n) is 1.97. The van der Waals surface area contributed by atoms with Crippen molar-refractivity contribution in [1.29, 1.82) is 0 Å². The average Bonchev–Trinajstić information content (AvgIpc) is 2.04. The fraction of sp³-hybridized carbons (Fsp3) is 0.750. The Labute approximate surface area is 88.2 Å². The maximum atomic E-state index is 10.6. The summed E-state index contributed by atoms with van der Waals surface area (Å²) in [6.07, 6.45) is 5.97. The molecule has 0 saturated carbocycles. The van der Waals surface area contributed by atoms with E-state index in [2.05, 4.69) is 0 Å². The van der Waals surface area contributed by atoms with Crippen LogP contribution >= 0.6 is 22.4 Å². The van der Waals surface area contributed by atoms with E-state index in [4.69, 9.17) is 10.7 Å². The summed E-state index contributed by atoms with van der Waals surface area (Å²) in [5, 5.41) is 0. The van der Waals surface area contributed by atoms with E-state index in [1.54, 1.807) is 6.08 Å². The Hall–Kier alpha value is 0.330. The lowest BCUT2D eigenvalue weighted by Gasteiger charge is -2.17. The van der Waals surface area contributed by atoms with Crippen molar-refractivity contribution < 1.29 is 8.42 Å². The fourth-order valence-corrected chi connectivity index (χ4v) is 2.97. The van der Waals surface area contributed by atoms with E-state index in [0.717, 1.165) is 12.8 Å². The fourth-order valence-electron chi connectivity index (χ4n) is 1.27. The molecule has 0 aromatic rings. The lowest BCUT2D eigenvalue weighted by atomic mass is 10.0. The van der Waals surface area contributed by atoms with Crippen molar-refractivity contribution in [2.75, 3.05) is 17.3 Å². The molecule has 1 fully saturated rings. The summed E-state index contributed by atoms with van der Waals surface area (Å²) in [4.78, 5) is 0. The number of rotatable bonds is 3. The molecule has 1 aliphatic heterocycles. The van der Waals surface area contributed by atoms with Crippen LogP contribution in [0.4, 0.5) is 0 Å². The molecule has 0 aromatic heterocycles. The van der Waals surface area contributed by atoms with Gasteiger partial charge in [0.15, 0.2) is 0 Å². The number of hydrogen-bond donors (Lipinski definition) is 0. The van der Waals surface area contributed by atoms with E-state index >= 15 is 0 Å². The molecule has 5 heteroatoms. The smallest absolute Gasteiger partial charge is 0.212 e. The Balaban J connectivity index is 2.30. The van der Waals surface area contributed by atoms with Crippen molar-refractivity contribution in [3.8, 4) is 0 Å². The molecule has 0 aromatic carbocycles. The maximum absolute atomic E-state index is 10.6. The molecule has 1 saturated heterocycles. The first kappa shape index (κ1) is 11.4. The van der Waals surface area contributed by atoms with E-state index in [0.29, 0.717) is 5.92 Å². The minimum Gasteiger partial charge on any atom is -0.212 e. The van der Waals surface area contributed by atoms with E-state index < -0.39 is 9.05 Å². The van der Waals surface area contributed by atoms with Gasteiger partial charge in [-0.2, -0.15) is 11.8 Å². The lowest BCUT2D eigenvalue weighted by Crippen LogP contribution is -2.07. The summed E-state index contributed by atoms with van der Waals surface area (Å²) < 4.78 is 21.2. The molecule has 0 radical (unpaired) electrons. The summed E-state index contributed by atoms with van der Waals surface area (Å²) in [5.41, 5.74) is 0. The van der Waals surface area contributed by atoms with Crippen LogP contribution < -0.4 is 0 Å². The predicted octanol–water partition coefficient (Wildman–Crippen LogP) is 2.25. The molecule has 0 N–H and O–H groups in total. The first-order valence-corrected chi connectivity index (χ1v) is 7.88. The highest BCUT2D eigenvalue weighted by atomic mass is 35.7. The van der Waals surface area contributed by atoms with Crippen LogP contribution in [0, 0.1) is 5.92 Å². The van der Waals surface area contributed by atoms with Crippen LogP contribution in [0.15, 0.2) is 12.2 Å². The van der Waals surface area contributed by atoms with Gasteiger partial charge in [-0.15, -0.1) is 0 Å². The minimum atomic E-state index is -3.34. The average molecular weight is 241 g/mol. The van der Waals surface area contributed by atoms with Crippen LogP contribution in [0.1, 0.15) is 12.8 Å². The Morgan fingerprint density at radius 3 is 2.54 bits per heavy atom. The molecule has 0 bridgehead atoms. The second-order valence-corrected chi connectivity index (χ2v) is 7.13. The van der Waals surface area contributed by atoms with Gasteiger partial charge < -0.3 is 0 Å². The third-order valence-corrected chi connectivity index (χ3v) is 3.99. The van der Waals surface area contributed by atoms with Gasteiger partial charge in [-0.1, -0.05) is 12.2 Å². The van der Waals surface area contributed by atoms with Gasteiger partial charge in [-0.05, 0) is 30.3 Å². The molecule has 0 amide bonds. The molecule has 76 valence electrons. The predicted molar refractivity (Wildman–Crippen MR) is 58.8 cm³/mol. The van der Waals surface area contributed by atoms with E-state index in [1.165, 1.54) is 11.5 Å². The molecule has 2 nitrogen and oxygen atoms in total. The normalized spacial score (nSPS) is 21.0.